The van der Waals surface area contributed by atoms with Crippen molar-refractivity contribution >= 4 is 49.1 Å². The van der Waals surface area contributed by atoms with Gasteiger partial charge in [-0.15, -0.1) is 0 Å². The van der Waals surface area contributed by atoms with E-state index in [9.17, 15) is 17.6 Å². The second-order valence-corrected chi connectivity index (χ2v) is 10.1. The number of benzene rings is 3. The summed E-state index contributed by atoms with van der Waals surface area (Å²) in [5.41, 5.74) is 1.39. The highest BCUT2D eigenvalue weighted by atomic mass is 79.9. The molecule has 3 aromatic rings. The first-order valence-electron chi connectivity index (χ1n) is 9.22. The van der Waals surface area contributed by atoms with Crippen LogP contribution in [0.15, 0.2) is 76.1 Å². The van der Waals surface area contributed by atoms with Gasteiger partial charge in [-0.25, -0.2) is 12.8 Å². The van der Waals surface area contributed by atoms with Gasteiger partial charge in [0.1, 0.15) is 5.82 Å². The zero-order valence-electron chi connectivity index (χ0n) is 16.5. The summed E-state index contributed by atoms with van der Waals surface area (Å²) in [7, 11) is -4.10. The lowest BCUT2D eigenvalue weighted by molar-refractivity contribution is -0.116. The molecule has 9 heteroatoms. The van der Waals surface area contributed by atoms with Crippen LogP contribution in [0, 0.1) is 12.7 Å². The summed E-state index contributed by atoms with van der Waals surface area (Å²) in [6, 6.07) is 17.2. The molecule has 0 atom stereocenters. The summed E-state index contributed by atoms with van der Waals surface area (Å²) in [5.74, 6) is -1.21. The van der Waals surface area contributed by atoms with Gasteiger partial charge in [0.25, 0.3) is 0 Å². The largest absolute Gasteiger partial charge is 0.325 e. The van der Waals surface area contributed by atoms with Crippen LogP contribution in [0.25, 0.3) is 0 Å². The number of sulfonamides is 1. The summed E-state index contributed by atoms with van der Waals surface area (Å²) in [6.45, 7) is 0.922. The average molecular weight is 526 g/mol. The van der Waals surface area contributed by atoms with Crippen molar-refractivity contribution in [3.05, 3.63) is 93.2 Å². The Morgan fingerprint density at radius 3 is 2.32 bits per heavy atom. The van der Waals surface area contributed by atoms with Gasteiger partial charge in [0.2, 0.25) is 15.9 Å². The molecule has 0 heterocycles. The van der Waals surface area contributed by atoms with E-state index in [2.05, 4.69) is 21.2 Å². The molecule has 3 rings (SSSR count). The number of nitrogens with zero attached hydrogens (tertiary/aromatic N) is 1. The highest BCUT2D eigenvalue weighted by Gasteiger charge is 2.28. The number of hydrogen-bond donors (Lipinski definition) is 1. The first-order chi connectivity index (χ1) is 14.7. The molecule has 0 aliphatic heterocycles. The molecule has 5 nitrogen and oxygen atoms in total. The highest BCUT2D eigenvalue weighted by molar-refractivity contribution is 9.10. The van der Waals surface area contributed by atoms with Crippen LogP contribution in [-0.2, 0) is 21.4 Å². The molecule has 0 fully saturated rings. The summed E-state index contributed by atoms with van der Waals surface area (Å²) < 4.78 is 42.7. The zero-order chi connectivity index (χ0) is 22.6. The fourth-order valence-corrected chi connectivity index (χ4v) is 4.69. The van der Waals surface area contributed by atoms with Gasteiger partial charge >= 0.3 is 0 Å². The number of halogens is 3. The molecule has 162 valence electrons. The van der Waals surface area contributed by atoms with E-state index in [1.54, 1.807) is 36.4 Å². The molecule has 0 unspecified atom stereocenters. The van der Waals surface area contributed by atoms with E-state index in [1.165, 1.54) is 30.3 Å². The number of carbonyl (C=O) groups excluding carboxylic acids is 1. The third kappa shape index (κ3) is 5.92. The fourth-order valence-electron chi connectivity index (χ4n) is 2.84. The van der Waals surface area contributed by atoms with Crippen molar-refractivity contribution in [2.24, 2.45) is 0 Å². The molecule has 0 radical (unpaired) electrons. The second kappa shape index (κ2) is 9.91. The van der Waals surface area contributed by atoms with Crippen LogP contribution in [0.5, 0.6) is 0 Å². The number of carbonyl (C=O) groups is 1. The van der Waals surface area contributed by atoms with Gasteiger partial charge in [0.15, 0.2) is 0 Å². The average Bonchev–Trinajstić information content (AvgIpc) is 2.72. The number of amides is 1. The molecule has 31 heavy (non-hydrogen) atoms. The lowest BCUT2D eigenvalue weighted by atomic mass is 10.2. The standard InChI is InChI=1S/C22H19BrClFN2O3S/c1-15-5-11-18(12-6-15)31(29,30)27(13-19-20(24)3-2-4-21(19)25)14-22(28)26-17-9-7-16(23)8-10-17/h2-12H,13-14H2,1H3,(H,26,28). The van der Waals surface area contributed by atoms with E-state index in [1.807, 2.05) is 6.92 Å². The quantitative estimate of drug-likeness (QED) is 0.450. The van der Waals surface area contributed by atoms with Crippen molar-refractivity contribution in [3.8, 4) is 0 Å². The summed E-state index contributed by atoms with van der Waals surface area (Å²) in [6.07, 6.45) is 0. The van der Waals surface area contributed by atoms with Crippen LogP contribution < -0.4 is 5.32 Å². The van der Waals surface area contributed by atoms with Crippen molar-refractivity contribution in [1.29, 1.82) is 0 Å². The van der Waals surface area contributed by atoms with E-state index in [0.29, 0.717) is 5.69 Å². The van der Waals surface area contributed by atoms with Crippen LogP contribution in [-0.4, -0.2) is 25.2 Å². The van der Waals surface area contributed by atoms with Gasteiger partial charge in [0, 0.05) is 27.3 Å². The van der Waals surface area contributed by atoms with Gasteiger partial charge in [-0.05, 0) is 55.5 Å². The molecule has 0 aliphatic rings. The lowest BCUT2D eigenvalue weighted by Gasteiger charge is -2.23. The normalized spacial score (nSPS) is 11.5. The van der Waals surface area contributed by atoms with Crippen molar-refractivity contribution in [1.82, 2.24) is 4.31 Å². The molecule has 1 amide bonds. The van der Waals surface area contributed by atoms with Gasteiger partial charge in [0.05, 0.1) is 11.4 Å². The second-order valence-electron chi connectivity index (χ2n) is 6.84. The Bertz CT molecular complexity index is 1170. The molecule has 0 saturated carbocycles. The van der Waals surface area contributed by atoms with Crippen LogP contribution in [0.2, 0.25) is 5.02 Å². The Morgan fingerprint density at radius 1 is 1.06 bits per heavy atom. The minimum absolute atomic E-state index is 0.00186. The maximum atomic E-state index is 14.4. The van der Waals surface area contributed by atoms with Crippen LogP contribution >= 0.6 is 27.5 Å². The molecule has 0 aromatic heterocycles. The van der Waals surface area contributed by atoms with Gasteiger partial charge in [-0.1, -0.05) is 51.3 Å². The first kappa shape index (κ1) is 23.4. The number of anilines is 1. The zero-order valence-corrected chi connectivity index (χ0v) is 19.6. The van der Waals surface area contributed by atoms with E-state index in [0.717, 1.165) is 14.3 Å². The predicted molar refractivity (Wildman–Crippen MR) is 123 cm³/mol. The smallest absolute Gasteiger partial charge is 0.243 e. The first-order valence-corrected chi connectivity index (χ1v) is 11.8. The van der Waals surface area contributed by atoms with E-state index in [-0.39, 0.29) is 15.5 Å². The van der Waals surface area contributed by atoms with Crippen LogP contribution in [0.3, 0.4) is 0 Å². The molecular weight excluding hydrogens is 507 g/mol. The van der Waals surface area contributed by atoms with Crippen molar-refractivity contribution in [3.63, 3.8) is 0 Å². The molecule has 0 spiro atoms. The monoisotopic (exact) mass is 524 g/mol. The third-order valence-electron chi connectivity index (χ3n) is 4.50. The lowest BCUT2D eigenvalue weighted by Crippen LogP contribution is -2.37. The summed E-state index contributed by atoms with van der Waals surface area (Å²) >= 11 is 9.42. The number of rotatable bonds is 7. The van der Waals surface area contributed by atoms with Gasteiger partial charge < -0.3 is 5.32 Å². The highest BCUT2D eigenvalue weighted by Crippen LogP contribution is 2.25. The Labute approximate surface area is 194 Å². The van der Waals surface area contributed by atoms with E-state index >= 15 is 0 Å². The Balaban J connectivity index is 1.92. The molecule has 0 bridgehead atoms. The minimum atomic E-state index is -4.10. The van der Waals surface area contributed by atoms with Crippen molar-refractivity contribution in [2.75, 3.05) is 11.9 Å². The minimum Gasteiger partial charge on any atom is -0.325 e. The summed E-state index contributed by atoms with van der Waals surface area (Å²) in [5, 5.41) is 2.74. The van der Waals surface area contributed by atoms with Crippen molar-refractivity contribution in [2.45, 2.75) is 18.4 Å². The Hall–Kier alpha value is -2.26. The van der Waals surface area contributed by atoms with E-state index < -0.39 is 34.8 Å². The summed E-state index contributed by atoms with van der Waals surface area (Å²) in [4.78, 5) is 12.6. The third-order valence-corrected chi connectivity index (χ3v) is 7.19. The van der Waals surface area contributed by atoms with Gasteiger partial charge in [-0.3, -0.25) is 4.79 Å². The SMILES string of the molecule is Cc1ccc(S(=O)(=O)N(CC(=O)Nc2ccc(Br)cc2)Cc2c(F)cccc2Cl)cc1. The van der Waals surface area contributed by atoms with Crippen LogP contribution in [0.1, 0.15) is 11.1 Å². The molecule has 1 N–H and O–H groups in total. The molecule has 3 aromatic carbocycles. The molecule has 0 saturated heterocycles. The molecule has 0 aliphatic carbocycles. The topological polar surface area (TPSA) is 66.5 Å². The Kier molecular flexibility index (Phi) is 7.48. The van der Waals surface area contributed by atoms with Gasteiger partial charge in [-0.2, -0.15) is 4.31 Å². The van der Waals surface area contributed by atoms with Crippen molar-refractivity contribution < 1.29 is 17.6 Å². The number of hydrogen-bond acceptors (Lipinski definition) is 3. The molecular formula is C22H19BrClFN2O3S. The van der Waals surface area contributed by atoms with E-state index in [4.69, 9.17) is 11.6 Å². The maximum absolute atomic E-state index is 14.4. The number of aryl methyl sites for hydroxylation is 1. The maximum Gasteiger partial charge on any atom is 0.243 e. The van der Waals surface area contributed by atoms with Crippen LogP contribution in [0.4, 0.5) is 10.1 Å². The predicted octanol–water partition coefficient (Wildman–Crippen LogP) is 5.38. The number of nitrogens with one attached hydrogen (secondary N) is 1. The Morgan fingerprint density at radius 2 is 1.71 bits per heavy atom. The fraction of sp³-hybridized carbons (Fsp3) is 0.136.